The third kappa shape index (κ3) is 1.40. The molecule has 0 bridgehead atoms. The molecular weight excluding hydrogens is 120 g/mol. The minimum Gasteiger partial charge on any atom is -0.319 e. The Labute approximate surface area is 54.1 Å². The summed E-state index contributed by atoms with van der Waals surface area (Å²) in [4.78, 5) is 0. The molecule has 1 rings (SSSR count). The zero-order valence-corrected chi connectivity index (χ0v) is 5.63. The van der Waals surface area contributed by atoms with E-state index in [9.17, 15) is 0 Å². The molecule has 0 aromatic heterocycles. The van der Waals surface area contributed by atoms with Crippen molar-refractivity contribution in [3.63, 3.8) is 0 Å². The molecule has 1 aliphatic heterocycles. The second-order valence-electron chi connectivity index (χ2n) is 2.37. The van der Waals surface area contributed by atoms with Crippen LogP contribution in [0.25, 0.3) is 0 Å². The highest BCUT2D eigenvalue weighted by Gasteiger charge is 2.37. The Kier molecular flexibility index (Phi) is 1.48. The van der Waals surface area contributed by atoms with Gasteiger partial charge in [0.15, 0.2) is 0 Å². The maximum Gasteiger partial charge on any atom is 0.287 e. The Morgan fingerprint density at radius 3 is 1.56 bits per heavy atom. The smallest absolute Gasteiger partial charge is 0.287 e. The summed E-state index contributed by atoms with van der Waals surface area (Å²) in [5, 5.41) is 0. The first-order valence-electron chi connectivity index (χ1n) is 2.95. The molecule has 9 heavy (non-hydrogen) atoms. The molecule has 0 aliphatic carbocycles. The first-order valence-corrected chi connectivity index (χ1v) is 2.95. The van der Waals surface area contributed by atoms with E-state index in [1.807, 2.05) is 13.8 Å². The summed E-state index contributed by atoms with van der Waals surface area (Å²) in [7, 11) is 0. The first-order chi connectivity index (χ1) is 4.01. The molecule has 54 valence electrons. The minimum atomic E-state index is -1.36. The first kappa shape index (κ1) is 6.95. The highest BCUT2D eigenvalue weighted by molar-refractivity contribution is 4.71. The van der Waals surface area contributed by atoms with Crippen LogP contribution in [0.3, 0.4) is 0 Å². The van der Waals surface area contributed by atoms with Crippen molar-refractivity contribution in [3.05, 3.63) is 0 Å². The summed E-state index contributed by atoms with van der Waals surface area (Å²) >= 11 is 0. The number of hydrogen-bond acceptors (Lipinski definition) is 4. The zero-order valence-electron chi connectivity index (χ0n) is 5.63. The molecule has 4 N–H and O–H groups in total. The van der Waals surface area contributed by atoms with Crippen LogP contribution >= 0.6 is 0 Å². The van der Waals surface area contributed by atoms with Crippen LogP contribution in [0.1, 0.15) is 13.8 Å². The largest absolute Gasteiger partial charge is 0.319 e. The molecule has 0 aromatic rings. The van der Waals surface area contributed by atoms with Crippen LogP contribution in [0.5, 0.6) is 0 Å². The molecule has 2 unspecified atom stereocenters. The monoisotopic (exact) mass is 132 g/mol. The van der Waals surface area contributed by atoms with E-state index >= 15 is 0 Å². The van der Waals surface area contributed by atoms with Crippen molar-refractivity contribution in [2.75, 3.05) is 0 Å². The Hall–Kier alpha value is -0.160. The molecule has 0 saturated carbocycles. The summed E-state index contributed by atoms with van der Waals surface area (Å²) in [6, 6.07) is -1.36. The summed E-state index contributed by atoms with van der Waals surface area (Å²) < 4.78 is 9.99. The number of nitrogens with two attached hydrogens (primary N) is 2. The van der Waals surface area contributed by atoms with Gasteiger partial charge in [-0.3, -0.25) is 11.5 Å². The van der Waals surface area contributed by atoms with Gasteiger partial charge in [0.2, 0.25) is 0 Å². The van der Waals surface area contributed by atoms with Crippen molar-refractivity contribution in [2.45, 2.75) is 32.1 Å². The van der Waals surface area contributed by atoms with Gasteiger partial charge in [-0.15, -0.1) is 0 Å². The van der Waals surface area contributed by atoms with Gasteiger partial charge in [0, 0.05) is 0 Å². The van der Waals surface area contributed by atoms with Gasteiger partial charge in [0.1, 0.15) is 0 Å². The minimum absolute atomic E-state index is 0.0139. The Morgan fingerprint density at radius 2 is 1.44 bits per heavy atom. The lowest BCUT2D eigenvalue weighted by Gasteiger charge is -2.14. The summed E-state index contributed by atoms with van der Waals surface area (Å²) in [6.45, 7) is 3.73. The standard InChI is InChI=1S/C5H12N2O2/c1-3-4(2)9-5(6,7)8-3/h3-4H,6-7H2,1-2H3. The fraction of sp³-hybridized carbons (Fsp3) is 1.00. The molecule has 0 radical (unpaired) electrons. The van der Waals surface area contributed by atoms with Gasteiger partial charge in [-0.05, 0) is 13.8 Å². The van der Waals surface area contributed by atoms with E-state index in [0.717, 1.165) is 0 Å². The zero-order chi connectivity index (χ0) is 7.07. The normalized spacial score (nSPS) is 41.3. The van der Waals surface area contributed by atoms with Crippen molar-refractivity contribution in [1.29, 1.82) is 0 Å². The van der Waals surface area contributed by atoms with E-state index in [2.05, 4.69) is 0 Å². The number of rotatable bonds is 0. The van der Waals surface area contributed by atoms with Crippen molar-refractivity contribution < 1.29 is 9.47 Å². The molecule has 2 atom stereocenters. The third-order valence-electron chi connectivity index (χ3n) is 1.40. The van der Waals surface area contributed by atoms with Gasteiger partial charge in [0.05, 0.1) is 12.2 Å². The topological polar surface area (TPSA) is 70.5 Å². The SMILES string of the molecule is CC1OC(N)(N)OC1C. The van der Waals surface area contributed by atoms with Gasteiger partial charge in [-0.1, -0.05) is 0 Å². The molecule has 1 aliphatic rings. The quantitative estimate of drug-likeness (QED) is 0.429. The van der Waals surface area contributed by atoms with Crippen molar-refractivity contribution >= 4 is 0 Å². The van der Waals surface area contributed by atoms with E-state index in [1.54, 1.807) is 0 Å². The van der Waals surface area contributed by atoms with Crippen LogP contribution in [0, 0.1) is 0 Å². The molecule has 1 fully saturated rings. The lowest BCUT2D eigenvalue weighted by Crippen LogP contribution is -2.50. The molecule has 0 spiro atoms. The van der Waals surface area contributed by atoms with Crippen LogP contribution in [-0.4, -0.2) is 18.2 Å². The van der Waals surface area contributed by atoms with Crippen LogP contribution in [0.2, 0.25) is 0 Å². The van der Waals surface area contributed by atoms with Gasteiger partial charge in [-0.25, -0.2) is 0 Å². The van der Waals surface area contributed by atoms with E-state index in [4.69, 9.17) is 20.9 Å². The maximum absolute atomic E-state index is 5.29. The molecule has 1 saturated heterocycles. The van der Waals surface area contributed by atoms with Gasteiger partial charge >= 0.3 is 0 Å². The predicted octanol–water partition coefficient (Wildman–Crippen LogP) is -0.661. The third-order valence-corrected chi connectivity index (χ3v) is 1.40. The molecule has 4 nitrogen and oxygen atoms in total. The lowest BCUT2D eigenvalue weighted by molar-refractivity contribution is -0.163. The second-order valence-corrected chi connectivity index (χ2v) is 2.37. The van der Waals surface area contributed by atoms with Crippen molar-refractivity contribution in [3.8, 4) is 0 Å². The average Bonchev–Trinajstić information content (AvgIpc) is 1.79. The Balaban J connectivity index is 2.54. The van der Waals surface area contributed by atoms with Crippen LogP contribution in [0.15, 0.2) is 0 Å². The summed E-state index contributed by atoms with van der Waals surface area (Å²) in [5.41, 5.74) is 10.6. The number of ether oxygens (including phenoxy) is 2. The fourth-order valence-corrected chi connectivity index (χ4v) is 0.800. The molecule has 4 heteroatoms. The molecule has 1 heterocycles. The van der Waals surface area contributed by atoms with Crippen molar-refractivity contribution in [1.82, 2.24) is 0 Å². The fourth-order valence-electron chi connectivity index (χ4n) is 0.800. The van der Waals surface area contributed by atoms with Crippen LogP contribution in [0.4, 0.5) is 0 Å². The highest BCUT2D eigenvalue weighted by Crippen LogP contribution is 2.19. The van der Waals surface area contributed by atoms with Crippen molar-refractivity contribution in [2.24, 2.45) is 11.5 Å². The van der Waals surface area contributed by atoms with Gasteiger partial charge in [0.25, 0.3) is 6.03 Å². The Morgan fingerprint density at radius 1 is 1.11 bits per heavy atom. The van der Waals surface area contributed by atoms with Gasteiger partial charge in [-0.2, -0.15) is 0 Å². The Bertz CT molecular complexity index is 104. The van der Waals surface area contributed by atoms with E-state index < -0.39 is 6.03 Å². The van der Waals surface area contributed by atoms with Crippen LogP contribution in [-0.2, 0) is 9.47 Å². The van der Waals surface area contributed by atoms with E-state index in [0.29, 0.717) is 0 Å². The van der Waals surface area contributed by atoms with Gasteiger partial charge < -0.3 is 9.47 Å². The number of hydrogen-bond donors (Lipinski definition) is 2. The summed E-state index contributed by atoms with van der Waals surface area (Å²) in [6.07, 6.45) is -0.0278. The van der Waals surface area contributed by atoms with Crippen LogP contribution < -0.4 is 11.5 Å². The lowest BCUT2D eigenvalue weighted by atomic mass is 10.3. The van der Waals surface area contributed by atoms with E-state index in [-0.39, 0.29) is 12.2 Å². The predicted molar refractivity (Wildman–Crippen MR) is 32.2 cm³/mol. The molecular formula is C5H12N2O2. The highest BCUT2D eigenvalue weighted by atomic mass is 16.8. The maximum atomic E-state index is 5.29. The summed E-state index contributed by atoms with van der Waals surface area (Å²) in [5.74, 6) is 0. The molecule has 0 amide bonds. The average molecular weight is 132 g/mol. The van der Waals surface area contributed by atoms with E-state index in [1.165, 1.54) is 0 Å². The second kappa shape index (κ2) is 1.91. The molecule has 0 aromatic carbocycles.